The van der Waals surface area contributed by atoms with E-state index in [4.69, 9.17) is 5.26 Å². The van der Waals surface area contributed by atoms with Gasteiger partial charge in [0, 0.05) is 6.07 Å². The molecule has 0 unspecified atom stereocenters. The summed E-state index contributed by atoms with van der Waals surface area (Å²) in [7, 11) is 1.13. The fourth-order valence-corrected chi connectivity index (χ4v) is 1.37. The van der Waals surface area contributed by atoms with Gasteiger partial charge in [0.2, 0.25) is 0 Å². The van der Waals surface area contributed by atoms with Crippen LogP contribution in [0.3, 0.4) is 0 Å². The predicted molar refractivity (Wildman–Crippen MR) is 56.4 cm³/mol. The summed E-state index contributed by atoms with van der Waals surface area (Å²) in [5.41, 5.74) is -0.500. The minimum absolute atomic E-state index is 0.0116. The molecule has 0 heterocycles. The van der Waals surface area contributed by atoms with E-state index in [2.05, 4.69) is 17.4 Å². The number of ether oxygens (including phenoxy) is 1. The fourth-order valence-electron chi connectivity index (χ4n) is 1.09. The maximum atomic E-state index is 11.3. The number of nitrogens with zero attached hydrogens (tertiary/aromatic N) is 2. The van der Waals surface area contributed by atoms with Crippen LogP contribution in [0.25, 0.3) is 0 Å². The van der Waals surface area contributed by atoms with E-state index in [9.17, 15) is 14.9 Å². The van der Waals surface area contributed by atoms with Gasteiger partial charge in [-0.15, -0.1) is 12.6 Å². The lowest BCUT2D eigenvalue weighted by Gasteiger charge is -2.03. The number of carbonyl (C=O) groups is 1. The Morgan fingerprint density at radius 1 is 1.62 bits per heavy atom. The number of esters is 1. The van der Waals surface area contributed by atoms with Gasteiger partial charge >= 0.3 is 5.97 Å². The molecule has 0 aliphatic carbocycles. The number of nitro groups is 1. The van der Waals surface area contributed by atoms with Crippen molar-refractivity contribution in [2.75, 3.05) is 7.11 Å². The smallest absolute Gasteiger partial charge is 0.339 e. The Kier molecular flexibility index (Phi) is 3.48. The number of hydrogen-bond acceptors (Lipinski definition) is 6. The van der Waals surface area contributed by atoms with Gasteiger partial charge in [-0.3, -0.25) is 10.1 Å². The normalized spacial score (nSPS) is 9.31. The summed E-state index contributed by atoms with van der Waals surface area (Å²) < 4.78 is 4.42. The summed E-state index contributed by atoms with van der Waals surface area (Å²) in [5, 5.41) is 19.4. The molecule has 1 aromatic rings. The third kappa shape index (κ3) is 2.12. The highest BCUT2D eigenvalue weighted by Crippen LogP contribution is 2.26. The highest BCUT2D eigenvalue weighted by Gasteiger charge is 2.20. The zero-order chi connectivity index (χ0) is 12.3. The maximum Gasteiger partial charge on any atom is 0.339 e. The summed E-state index contributed by atoms with van der Waals surface area (Å²) in [4.78, 5) is 21.2. The summed E-state index contributed by atoms with van der Waals surface area (Å²) in [6.45, 7) is 0. The molecule has 0 saturated carbocycles. The lowest BCUT2D eigenvalue weighted by atomic mass is 10.1. The average Bonchev–Trinajstić information content (AvgIpc) is 2.27. The molecule has 0 atom stereocenters. The standard InChI is InChI=1S/C9H6N2O4S/c1-15-9(12)6-3-7(11(13)14)8(16)2-5(6)4-10/h2-3,16H,1H3. The van der Waals surface area contributed by atoms with Crippen molar-refractivity contribution >= 4 is 24.3 Å². The monoisotopic (exact) mass is 238 g/mol. The van der Waals surface area contributed by atoms with Gasteiger partial charge in [0.05, 0.1) is 28.1 Å². The molecule has 7 heteroatoms. The van der Waals surface area contributed by atoms with Crippen LogP contribution in [0.2, 0.25) is 0 Å². The van der Waals surface area contributed by atoms with E-state index >= 15 is 0 Å². The van der Waals surface area contributed by atoms with Gasteiger partial charge in [-0.25, -0.2) is 4.79 Å². The highest BCUT2D eigenvalue weighted by atomic mass is 32.1. The first-order valence-electron chi connectivity index (χ1n) is 4.01. The van der Waals surface area contributed by atoms with Crippen molar-refractivity contribution in [2.45, 2.75) is 4.90 Å². The Bertz CT molecular complexity index is 507. The van der Waals surface area contributed by atoms with Gasteiger partial charge in [0.25, 0.3) is 5.69 Å². The molecule has 6 nitrogen and oxygen atoms in total. The molecule has 1 rings (SSSR count). The third-order valence-electron chi connectivity index (χ3n) is 1.84. The van der Waals surface area contributed by atoms with Gasteiger partial charge in [-0.05, 0) is 6.07 Å². The molecular formula is C9H6N2O4S. The molecule has 0 aliphatic heterocycles. The van der Waals surface area contributed by atoms with Gasteiger partial charge in [0.1, 0.15) is 6.07 Å². The number of nitriles is 1. The van der Waals surface area contributed by atoms with Crippen molar-refractivity contribution < 1.29 is 14.5 Å². The Hall–Kier alpha value is -2.07. The average molecular weight is 238 g/mol. The van der Waals surface area contributed by atoms with Crippen molar-refractivity contribution in [3.05, 3.63) is 33.4 Å². The number of nitro benzene ring substituents is 1. The minimum atomic E-state index is -0.798. The van der Waals surface area contributed by atoms with Crippen molar-refractivity contribution in [1.29, 1.82) is 5.26 Å². The Balaban J connectivity index is 3.48. The van der Waals surface area contributed by atoms with Crippen LogP contribution in [0.4, 0.5) is 5.69 Å². The van der Waals surface area contributed by atoms with Gasteiger partial charge in [-0.2, -0.15) is 5.26 Å². The first-order chi connectivity index (χ1) is 7.51. The van der Waals surface area contributed by atoms with E-state index in [1.165, 1.54) is 0 Å². The molecule has 0 radical (unpaired) electrons. The minimum Gasteiger partial charge on any atom is -0.465 e. The summed E-state index contributed by atoms with van der Waals surface area (Å²) >= 11 is 3.86. The van der Waals surface area contributed by atoms with Crippen molar-refractivity contribution in [3.8, 4) is 6.07 Å². The van der Waals surface area contributed by atoms with E-state index in [0.29, 0.717) is 0 Å². The van der Waals surface area contributed by atoms with E-state index < -0.39 is 10.9 Å². The number of thiol groups is 1. The zero-order valence-corrected chi connectivity index (χ0v) is 9.02. The maximum absolute atomic E-state index is 11.3. The molecule has 16 heavy (non-hydrogen) atoms. The Morgan fingerprint density at radius 2 is 2.25 bits per heavy atom. The SMILES string of the molecule is COC(=O)c1cc([N+](=O)[O-])c(S)cc1C#N. The molecule has 0 saturated heterocycles. The molecule has 0 aliphatic rings. The van der Waals surface area contributed by atoms with Crippen LogP contribution in [0, 0.1) is 21.4 Å². The van der Waals surface area contributed by atoms with Crippen molar-refractivity contribution in [1.82, 2.24) is 0 Å². The highest BCUT2D eigenvalue weighted by molar-refractivity contribution is 7.80. The lowest BCUT2D eigenvalue weighted by Crippen LogP contribution is -2.05. The second-order valence-corrected chi connectivity index (χ2v) is 3.23. The molecular weight excluding hydrogens is 232 g/mol. The third-order valence-corrected chi connectivity index (χ3v) is 2.20. The quantitative estimate of drug-likeness (QED) is 0.365. The van der Waals surface area contributed by atoms with E-state index in [-0.39, 0.29) is 21.7 Å². The van der Waals surface area contributed by atoms with E-state index in [1.54, 1.807) is 6.07 Å². The molecule has 82 valence electrons. The zero-order valence-electron chi connectivity index (χ0n) is 8.13. The molecule has 0 N–H and O–H groups in total. The second kappa shape index (κ2) is 4.63. The van der Waals surface area contributed by atoms with Gasteiger partial charge in [-0.1, -0.05) is 0 Å². The summed E-state index contributed by atoms with van der Waals surface area (Å²) in [6.07, 6.45) is 0. The van der Waals surface area contributed by atoms with Crippen LogP contribution >= 0.6 is 12.6 Å². The second-order valence-electron chi connectivity index (χ2n) is 2.75. The number of rotatable bonds is 2. The molecule has 0 bridgehead atoms. The van der Waals surface area contributed by atoms with Crippen molar-refractivity contribution in [2.24, 2.45) is 0 Å². The molecule has 0 aromatic heterocycles. The largest absolute Gasteiger partial charge is 0.465 e. The molecule has 0 spiro atoms. The lowest BCUT2D eigenvalue weighted by molar-refractivity contribution is -0.387. The summed E-state index contributed by atoms with van der Waals surface area (Å²) in [6, 6.07) is 3.88. The predicted octanol–water partition coefficient (Wildman–Crippen LogP) is 1.54. The molecule has 0 fully saturated rings. The van der Waals surface area contributed by atoms with Crippen LogP contribution in [-0.4, -0.2) is 18.0 Å². The summed E-state index contributed by atoms with van der Waals surface area (Å²) in [5.74, 6) is -0.798. The van der Waals surface area contributed by atoms with Crippen LogP contribution in [0.1, 0.15) is 15.9 Å². The molecule has 0 amide bonds. The Labute approximate surface area is 96.0 Å². The molecule has 1 aromatic carbocycles. The van der Waals surface area contributed by atoms with E-state index in [0.717, 1.165) is 19.2 Å². The van der Waals surface area contributed by atoms with Crippen LogP contribution in [-0.2, 0) is 4.74 Å². The van der Waals surface area contributed by atoms with E-state index in [1.807, 2.05) is 0 Å². The fraction of sp³-hybridized carbons (Fsp3) is 0.111. The van der Waals surface area contributed by atoms with Crippen molar-refractivity contribution in [3.63, 3.8) is 0 Å². The van der Waals surface area contributed by atoms with Crippen LogP contribution in [0.5, 0.6) is 0 Å². The number of hydrogen-bond donors (Lipinski definition) is 1. The number of carbonyl (C=O) groups excluding carboxylic acids is 1. The topological polar surface area (TPSA) is 93.2 Å². The number of methoxy groups -OCH3 is 1. The number of benzene rings is 1. The van der Waals surface area contributed by atoms with Gasteiger partial charge in [0.15, 0.2) is 0 Å². The van der Waals surface area contributed by atoms with Gasteiger partial charge < -0.3 is 4.74 Å². The van der Waals surface area contributed by atoms with Crippen LogP contribution in [0.15, 0.2) is 17.0 Å². The Morgan fingerprint density at radius 3 is 2.69 bits per heavy atom. The van der Waals surface area contributed by atoms with Crippen LogP contribution < -0.4 is 0 Å². The first kappa shape index (κ1) is 12.0. The first-order valence-corrected chi connectivity index (χ1v) is 4.45.